The van der Waals surface area contributed by atoms with E-state index in [1.807, 2.05) is 0 Å². The Morgan fingerprint density at radius 1 is 0.404 bits per heavy atom. The molecule has 0 radical (unpaired) electrons. The Morgan fingerprint density at radius 3 is 1.37 bits per heavy atom. The lowest BCUT2D eigenvalue weighted by atomic mass is 9.70. The van der Waals surface area contributed by atoms with E-state index in [0.29, 0.717) is 0 Å². The van der Waals surface area contributed by atoms with Crippen molar-refractivity contribution in [2.75, 3.05) is 16.8 Å². The number of benzene rings is 6. The van der Waals surface area contributed by atoms with Crippen LogP contribution in [0.3, 0.4) is 0 Å². The van der Waals surface area contributed by atoms with Gasteiger partial charge in [-0.1, -0.05) is 181 Å². The lowest BCUT2D eigenvalue weighted by molar-refractivity contribution is 0.398. The number of nitrogens with zero attached hydrogens (tertiary/aromatic N) is 2. The van der Waals surface area contributed by atoms with Crippen LogP contribution < -0.4 is 9.80 Å². The van der Waals surface area contributed by atoms with Gasteiger partial charge in [0.05, 0.1) is 0 Å². The molecule has 0 N–H and O–H groups in total. The smallest absolute Gasteiger partial charge is 0.0465 e. The zero-order valence-corrected chi connectivity index (χ0v) is 35.2. The van der Waals surface area contributed by atoms with E-state index in [-0.39, 0.29) is 5.41 Å². The summed E-state index contributed by atoms with van der Waals surface area (Å²) in [5.74, 6) is 0. The maximum absolute atomic E-state index is 2.59. The zero-order valence-electron chi connectivity index (χ0n) is 35.2. The SMILES string of the molecule is CCCCCCCCC1(CCCCCCCC)c2cc(N(C)c3ccccc3)ccc2-c2ccc(N(c3ccccc3)c3ccc(-c4ccc(C)cc4)cc3)cc21. The number of rotatable bonds is 20. The molecule has 294 valence electrons. The third kappa shape index (κ3) is 9.23. The van der Waals surface area contributed by atoms with E-state index in [2.05, 4.69) is 183 Å². The number of hydrogen-bond acceptors (Lipinski definition) is 2. The van der Waals surface area contributed by atoms with E-state index < -0.39 is 0 Å². The van der Waals surface area contributed by atoms with E-state index >= 15 is 0 Å². The summed E-state index contributed by atoms with van der Waals surface area (Å²) in [6, 6.07) is 54.6. The van der Waals surface area contributed by atoms with Gasteiger partial charge in [-0.3, -0.25) is 0 Å². The van der Waals surface area contributed by atoms with Gasteiger partial charge in [0.1, 0.15) is 0 Å². The van der Waals surface area contributed by atoms with Crippen LogP contribution in [0.1, 0.15) is 120 Å². The molecule has 0 unspecified atom stereocenters. The first kappa shape index (κ1) is 40.1. The zero-order chi connectivity index (χ0) is 39.5. The summed E-state index contributed by atoms with van der Waals surface area (Å²) in [5.41, 5.74) is 15.7. The summed E-state index contributed by atoms with van der Waals surface area (Å²) < 4.78 is 0. The van der Waals surface area contributed by atoms with E-state index in [1.165, 1.54) is 157 Å². The Kier molecular flexibility index (Phi) is 13.6. The molecule has 0 aromatic heterocycles. The molecule has 0 atom stereocenters. The minimum absolute atomic E-state index is 0.0403. The molecule has 0 spiro atoms. The van der Waals surface area contributed by atoms with Crippen molar-refractivity contribution in [1.29, 1.82) is 0 Å². The van der Waals surface area contributed by atoms with Crippen molar-refractivity contribution in [3.63, 3.8) is 0 Å². The monoisotopic (exact) mass is 753 g/mol. The summed E-state index contributed by atoms with van der Waals surface area (Å²) in [6.07, 6.45) is 18.1. The van der Waals surface area contributed by atoms with Gasteiger partial charge in [0.15, 0.2) is 0 Å². The first-order valence-corrected chi connectivity index (χ1v) is 22.1. The van der Waals surface area contributed by atoms with Crippen LogP contribution in [0.2, 0.25) is 0 Å². The van der Waals surface area contributed by atoms with Gasteiger partial charge in [0.2, 0.25) is 0 Å². The van der Waals surface area contributed by atoms with Crippen molar-refractivity contribution >= 4 is 28.4 Å². The van der Waals surface area contributed by atoms with Gasteiger partial charge in [-0.05, 0) is 114 Å². The van der Waals surface area contributed by atoms with Gasteiger partial charge < -0.3 is 9.80 Å². The van der Waals surface area contributed by atoms with E-state index in [9.17, 15) is 0 Å². The van der Waals surface area contributed by atoms with Crippen LogP contribution in [0.15, 0.2) is 146 Å². The summed E-state index contributed by atoms with van der Waals surface area (Å²) in [7, 11) is 2.22. The number of unbranched alkanes of at least 4 members (excludes halogenated alkanes) is 10. The highest BCUT2D eigenvalue weighted by atomic mass is 15.1. The van der Waals surface area contributed by atoms with Gasteiger partial charge in [-0.2, -0.15) is 0 Å². The third-order valence-corrected chi connectivity index (χ3v) is 12.6. The normalized spacial score (nSPS) is 12.6. The highest BCUT2D eigenvalue weighted by molar-refractivity contribution is 5.87. The summed E-state index contributed by atoms with van der Waals surface area (Å²) >= 11 is 0. The van der Waals surface area contributed by atoms with E-state index in [4.69, 9.17) is 0 Å². The van der Waals surface area contributed by atoms with Crippen molar-refractivity contribution in [3.05, 3.63) is 162 Å². The van der Waals surface area contributed by atoms with Crippen molar-refractivity contribution < 1.29 is 0 Å². The molecule has 6 aromatic carbocycles. The van der Waals surface area contributed by atoms with Crippen molar-refractivity contribution in [1.82, 2.24) is 0 Å². The molecule has 2 nitrogen and oxygen atoms in total. The second-order valence-corrected chi connectivity index (χ2v) is 16.6. The highest BCUT2D eigenvalue weighted by Gasteiger charge is 2.43. The number of para-hydroxylation sites is 2. The van der Waals surface area contributed by atoms with Crippen LogP contribution in [0.5, 0.6) is 0 Å². The molecule has 1 aliphatic carbocycles. The molecule has 0 heterocycles. The van der Waals surface area contributed by atoms with Crippen molar-refractivity contribution in [3.8, 4) is 22.3 Å². The topological polar surface area (TPSA) is 6.48 Å². The highest BCUT2D eigenvalue weighted by Crippen LogP contribution is 2.56. The van der Waals surface area contributed by atoms with Crippen molar-refractivity contribution in [2.24, 2.45) is 0 Å². The average Bonchev–Trinajstić information content (AvgIpc) is 3.52. The van der Waals surface area contributed by atoms with E-state index in [0.717, 1.165) is 0 Å². The molecule has 6 aromatic rings. The molecular weight excluding hydrogens is 689 g/mol. The number of anilines is 5. The quantitative estimate of drug-likeness (QED) is 0.0717. The minimum Gasteiger partial charge on any atom is -0.345 e. The molecule has 0 saturated carbocycles. The third-order valence-electron chi connectivity index (χ3n) is 12.6. The first-order valence-electron chi connectivity index (χ1n) is 22.1. The van der Waals surface area contributed by atoms with Crippen LogP contribution in [-0.4, -0.2) is 7.05 Å². The molecular formula is C55H64N2. The largest absolute Gasteiger partial charge is 0.345 e. The van der Waals surface area contributed by atoms with Crippen LogP contribution in [0.4, 0.5) is 28.4 Å². The molecule has 0 amide bonds. The number of hydrogen-bond donors (Lipinski definition) is 0. The van der Waals surface area contributed by atoms with Crippen molar-refractivity contribution in [2.45, 2.75) is 116 Å². The number of aryl methyl sites for hydroxylation is 1. The molecule has 1 aliphatic rings. The second kappa shape index (κ2) is 19.4. The van der Waals surface area contributed by atoms with Crippen LogP contribution in [-0.2, 0) is 5.41 Å². The van der Waals surface area contributed by atoms with Crippen LogP contribution in [0, 0.1) is 6.92 Å². The molecule has 0 aliphatic heterocycles. The predicted octanol–water partition coefficient (Wildman–Crippen LogP) is 16.7. The molecule has 0 fully saturated rings. The fraction of sp³-hybridized carbons (Fsp3) is 0.345. The Morgan fingerprint density at radius 2 is 0.825 bits per heavy atom. The van der Waals surface area contributed by atoms with Gasteiger partial charge >= 0.3 is 0 Å². The maximum atomic E-state index is 2.59. The predicted molar refractivity (Wildman–Crippen MR) is 248 cm³/mol. The Balaban J connectivity index is 1.32. The standard InChI is InChI=1S/C55H64N2/c1-5-7-9-11-13-21-39-55(40-22-14-12-10-8-6-2)53-41-49(56(4)46-23-17-15-18-24-46)35-37-51(53)52-38-36-50(42-54(52)55)57(47-25-19-16-20-26-47)48-33-31-45(32-34-48)44-29-27-43(3)28-30-44/h15-20,23-38,41-42H,5-14,21-22,39-40H2,1-4H3. The maximum Gasteiger partial charge on any atom is 0.0465 e. The minimum atomic E-state index is -0.0403. The van der Waals surface area contributed by atoms with Crippen LogP contribution in [0.25, 0.3) is 22.3 Å². The molecule has 0 bridgehead atoms. The van der Waals surface area contributed by atoms with Gasteiger partial charge in [-0.15, -0.1) is 0 Å². The fourth-order valence-corrected chi connectivity index (χ4v) is 9.27. The molecule has 7 rings (SSSR count). The Hall–Kier alpha value is -5.08. The fourth-order valence-electron chi connectivity index (χ4n) is 9.27. The van der Waals surface area contributed by atoms with Gasteiger partial charge in [0.25, 0.3) is 0 Å². The first-order chi connectivity index (χ1) is 28.0. The lowest BCUT2D eigenvalue weighted by Crippen LogP contribution is -2.26. The molecule has 0 saturated heterocycles. The van der Waals surface area contributed by atoms with Gasteiger partial charge in [0, 0.05) is 40.9 Å². The molecule has 2 heteroatoms. The Bertz CT molecular complexity index is 2120. The van der Waals surface area contributed by atoms with Crippen LogP contribution >= 0.6 is 0 Å². The summed E-state index contributed by atoms with van der Waals surface area (Å²) in [4.78, 5) is 4.84. The van der Waals surface area contributed by atoms with Gasteiger partial charge in [-0.25, -0.2) is 0 Å². The molecule has 57 heavy (non-hydrogen) atoms. The summed E-state index contributed by atoms with van der Waals surface area (Å²) in [5, 5.41) is 0. The summed E-state index contributed by atoms with van der Waals surface area (Å²) in [6.45, 7) is 6.79. The Labute approximate surface area is 344 Å². The average molecular weight is 753 g/mol. The second-order valence-electron chi connectivity index (χ2n) is 16.6. The lowest BCUT2D eigenvalue weighted by Gasteiger charge is -2.35. The van der Waals surface area contributed by atoms with E-state index in [1.54, 1.807) is 0 Å². The number of fused-ring (bicyclic) bond motifs is 3.